The first-order valence-electron chi connectivity index (χ1n) is 5.11. The normalized spacial score (nSPS) is 29.4. The molecule has 13 heavy (non-hydrogen) atoms. The van der Waals surface area contributed by atoms with Crippen LogP contribution in [0.2, 0.25) is 0 Å². The lowest BCUT2D eigenvalue weighted by atomic mass is 9.92. The molecule has 2 nitrogen and oxygen atoms in total. The van der Waals surface area contributed by atoms with Gasteiger partial charge in [0.1, 0.15) is 0 Å². The Labute approximate surface area is 78.4 Å². The fourth-order valence-electron chi connectivity index (χ4n) is 2.95. The average Bonchev–Trinajstić information content (AvgIpc) is 2.70. The molecule has 2 aliphatic rings. The molecule has 1 aromatic rings. The van der Waals surface area contributed by atoms with Crippen molar-refractivity contribution in [3.63, 3.8) is 0 Å². The van der Waals surface area contributed by atoms with Crippen LogP contribution in [0.1, 0.15) is 53.6 Å². The minimum atomic E-state index is 0.742. The first kappa shape index (κ1) is 7.48. The molecule has 1 aromatic heterocycles. The van der Waals surface area contributed by atoms with Crippen LogP contribution in [0.5, 0.6) is 0 Å². The minimum Gasteiger partial charge on any atom is -0.155 e. The second-order valence-corrected chi connectivity index (χ2v) is 4.42. The van der Waals surface area contributed by atoms with E-state index >= 15 is 0 Å². The molecule has 0 aliphatic heterocycles. The van der Waals surface area contributed by atoms with Crippen molar-refractivity contribution in [3.05, 3.63) is 22.5 Å². The SMILES string of the molecule is Cc1nnc2c(c1C)C1CCC2C1. The van der Waals surface area contributed by atoms with Gasteiger partial charge in [-0.15, -0.1) is 0 Å². The number of nitrogens with zero attached hydrogens (tertiary/aromatic N) is 2. The van der Waals surface area contributed by atoms with Gasteiger partial charge in [0, 0.05) is 5.92 Å². The zero-order chi connectivity index (χ0) is 9.00. The van der Waals surface area contributed by atoms with Gasteiger partial charge in [0.15, 0.2) is 0 Å². The maximum atomic E-state index is 4.35. The van der Waals surface area contributed by atoms with E-state index in [0.717, 1.165) is 17.5 Å². The zero-order valence-electron chi connectivity index (χ0n) is 8.17. The molecule has 3 rings (SSSR count). The van der Waals surface area contributed by atoms with E-state index in [-0.39, 0.29) is 0 Å². The van der Waals surface area contributed by atoms with Gasteiger partial charge in [-0.3, -0.25) is 0 Å². The highest BCUT2D eigenvalue weighted by atomic mass is 15.1. The van der Waals surface area contributed by atoms with E-state index in [4.69, 9.17) is 0 Å². The maximum absolute atomic E-state index is 4.35. The lowest BCUT2D eigenvalue weighted by Gasteiger charge is -2.16. The summed E-state index contributed by atoms with van der Waals surface area (Å²) in [6, 6.07) is 0. The number of hydrogen-bond donors (Lipinski definition) is 0. The third-order valence-corrected chi connectivity index (χ3v) is 3.76. The average molecular weight is 174 g/mol. The number of rotatable bonds is 0. The molecular formula is C11H14N2. The number of hydrogen-bond acceptors (Lipinski definition) is 2. The smallest absolute Gasteiger partial charge is 0.0699 e. The Morgan fingerprint density at radius 1 is 1.08 bits per heavy atom. The molecule has 1 fully saturated rings. The Morgan fingerprint density at radius 2 is 1.85 bits per heavy atom. The Balaban J connectivity index is 2.26. The second kappa shape index (κ2) is 2.31. The predicted octanol–water partition coefficient (Wildman–Crippen LogP) is 2.46. The highest BCUT2D eigenvalue weighted by molar-refractivity contribution is 5.42. The van der Waals surface area contributed by atoms with Gasteiger partial charge in [-0.05, 0) is 50.2 Å². The van der Waals surface area contributed by atoms with Crippen molar-refractivity contribution in [1.29, 1.82) is 0 Å². The Kier molecular flexibility index (Phi) is 1.33. The van der Waals surface area contributed by atoms with Crippen LogP contribution in [-0.4, -0.2) is 10.2 Å². The van der Waals surface area contributed by atoms with Gasteiger partial charge in [-0.2, -0.15) is 10.2 Å². The lowest BCUT2D eigenvalue weighted by Crippen LogP contribution is -2.07. The highest BCUT2D eigenvalue weighted by Crippen LogP contribution is 2.53. The molecule has 1 heterocycles. The van der Waals surface area contributed by atoms with E-state index in [1.807, 2.05) is 0 Å². The van der Waals surface area contributed by atoms with Gasteiger partial charge in [0.05, 0.1) is 11.4 Å². The molecule has 0 radical (unpaired) electrons. The molecule has 2 atom stereocenters. The second-order valence-electron chi connectivity index (χ2n) is 4.42. The first-order valence-corrected chi connectivity index (χ1v) is 5.11. The predicted molar refractivity (Wildman–Crippen MR) is 50.8 cm³/mol. The zero-order valence-corrected chi connectivity index (χ0v) is 8.17. The molecule has 0 N–H and O–H groups in total. The molecule has 1 saturated carbocycles. The van der Waals surface area contributed by atoms with E-state index in [1.54, 1.807) is 5.56 Å². The van der Waals surface area contributed by atoms with E-state index < -0.39 is 0 Å². The van der Waals surface area contributed by atoms with E-state index in [9.17, 15) is 0 Å². The van der Waals surface area contributed by atoms with Gasteiger partial charge in [0.25, 0.3) is 0 Å². The summed E-state index contributed by atoms with van der Waals surface area (Å²) >= 11 is 0. The molecule has 2 heteroatoms. The van der Waals surface area contributed by atoms with Gasteiger partial charge in [0.2, 0.25) is 0 Å². The fourth-order valence-corrected chi connectivity index (χ4v) is 2.95. The van der Waals surface area contributed by atoms with Crippen molar-refractivity contribution in [3.8, 4) is 0 Å². The number of aryl methyl sites for hydroxylation is 1. The van der Waals surface area contributed by atoms with Gasteiger partial charge >= 0.3 is 0 Å². The van der Waals surface area contributed by atoms with Crippen LogP contribution in [0.25, 0.3) is 0 Å². The minimum absolute atomic E-state index is 0.742. The lowest BCUT2D eigenvalue weighted by molar-refractivity contribution is 0.672. The Morgan fingerprint density at radius 3 is 2.69 bits per heavy atom. The summed E-state index contributed by atoms with van der Waals surface area (Å²) in [5.41, 5.74) is 5.38. The quantitative estimate of drug-likeness (QED) is 0.603. The standard InChI is InChI=1S/C11H14N2/c1-6-7(2)12-13-11-9-4-3-8(5-9)10(6)11/h8-9H,3-5H2,1-2H3. The van der Waals surface area contributed by atoms with E-state index in [1.165, 1.54) is 30.5 Å². The van der Waals surface area contributed by atoms with Gasteiger partial charge in [-0.1, -0.05) is 0 Å². The molecule has 68 valence electrons. The largest absolute Gasteiger partial charge is 0.155 e. The first-order chi connectivity index (χ1) is 6.27. The molecule has 2 unspecified atom stereocenters. The van der Waals surface area contributed by atoms with Crippen LogP contribution in [0, 0.1) is 13.8 Å². The summed E-state index contributed by atoms with van der Waals surface area (Å²) in [5.74, 6) is 1.56. The summed E-state index contributed by atoms with van der Waals surface area (Å²) in [6.45, 7) is 4.26. The van der Waals surface area contributed by atoms with Crippen molar-refractivity contribution in [1.82, 2.24) is 10.2 Å². The summed E-state index contributed by atoms with van der Waals surface area (Å²) in [6.07, 6.45) is 4.06. The molecular weight excluding hydrogens is 160 g/mol. The van der Waals surface area contributed by atoms with Crippen molar-refractivity contribution in [2.75, 3.05) is 0 Å². The van der Waals surface area contributed by atoms with Crippen molar-refractivity contribution >= 4 is 0 Å². The monoisotopic (exact) mass is 174 g/mol. The summed E-state index contributed by atoms with van der Waals surface area (Å²) in [7, 11) is 0. The van der Waals surface area contributed by atoms with E-state index in [2.05, 4.69) is 24.0 Å². The molecule has 0 amide bonds. The van der Waals surface area contributed by atoms with Crippen LogP contribution in [0.4, 0.5) is 0 Å². The van der Waals surface area contributed by atoms with Crippen LogP contribution in [-0.2, 0) is 0 Å². The Bertz CT molecular complexity index is 371. The Hall–Kier alpha value is -0.920. The molecule has 0 spiro atoms. The third kappa shape index (κ3) is 0.835. The van der Waals surface area contributed by atoms with Gasteiger partial charge in [-0.25, -0.2) is 0 Å². The third-order valence-electron chi connectivity index (χ3n) is 3.76. The van der Waals surface area contributed by atoms with Crippen LogP contribution >= 0.6 is 0 Å². The molecule has 0 saturated heterocycles. The highest BCUT2D eigenvalue weighted by Gasteiger charge is 2.39. The van der Waals surface area contributed by atoms with Crippen molar-refractivity contribution in [2.45, 2.75) is 44.9 Å². The summed E-state index contributed by atoms with van der Waals surface area (Å²) in [4.78, 5) is 0. The molecule has 2 aliphatic carbocycles. The maximum Gasteiger partial charge on any atom is 0.0699 e. The number of fused-ring (bicyclic) bond motifs is 5. The molecule has 0 aromatic carbocycles. The van der Waals surface area contributed by atoms with Crippen molar-refractivity contribution < 1.29 is 0 Å². The van der Waals surface area contributed by atoms with Crippen LogP contribution in [0.15, 0.2) is 0 Å². The van der Waals surface area contributed by atoms with Crippen LogP contribution in [0.3, 0.4) is 0 Å². The summed E-state index contributed by atoms with van der Waals surface area (Å²) in [5, 5.41) is 8.57. The molecule has 2 bridgehead atoms. The topological polar surface area (TPSA) is 25.8 Å². The fraction of sp³-hybridized carbons (Fsp3) is 0.636. The van der Waals surface area contributed by atoms with Crippen LogP contribution < -0.4 is 0 Å². The van der Waals surface area contributed by atoms with Crippen molar-refractivity contribution in [2.24, 2.45) is 0 Å². The summed E-state index contributed by atoms with van der Waals surface area (Å²) < 4.78 is 0. The van der Waals surface area contributed by atoms with Gasteiger partial charge < -0.3 is 0 Å². The number of aromatic nitrogens is 2. The van der Waals surface area contributed by atoms with E-state index in [0.29, 0.717) is 0 Å².